The van der Waals surface area contributed by atoms with E-state index in [1.807, 2.05) is 32.8 Å². The molecule has 0 saturated carbocycles. The molecular weight excluding hydrogens is 263 g/mol. The van der Waals surface area contributed by atoms with Crippen molar-refractivity contribution in [3.8, 4) is 0 Å². The van der Waals surface area contributed by atoms with Crippen molar-refractivity contribution in [2.45, 2.75) is 31.6 Å². The number of rotatable bonds is 4. The summed E-state index contributed by atoms with van der Waals surface area (Å²) in [6.07, 6.45) is -3.07. The lowest BCUT2D eigenvalue weighted by atomic mass is 9.92. The Morgan fingerprint density at radius 3 is 2.22 bits per heavy atom. The fourth-order valence-corrected chi connectivity index (χ4v) is 2.73. The first-order chi connectivity index (χ1) is 8.10. The summed E-state index contributed by atoms with van der Waals surface area (Å²) in [6.45, 7) is 3.95. The Kier molecular flexibility index (Phi) is 4.40. The quantitative estimate of drug-likeness (QED) is 0.920. The predicted molar refractivity (Wildman–Crippen MR) is 66.7 cm³/mol. The van der Waals surface area contributed by atoms with Crippen LogP contribution in [0, 0.1) is 0 Å². The van der Waals surface area contributed by atoms with Crippen LogP contribution in [-0.4, -0.2) is 36.6 Å². The van der Waals surface area contributed by atoms with Gasteiger partial charge in [0.1, 0.15) is 0 Å². The summed E-state index contributed by atoms with van der Waals surface area (Å²) < 4.78 is 37.6. The zero-order chi connectivity index (χ0) is 14.1. The third kappa shape index (κ3) is 3.02. The van der Waals surface area contributed by atoms with Gasteiger partial charge < -0.3 is 10.2 Å². The smallest absolute Gasteiger partial charge is 0.311 e. The van der Waals surface area contributed by atoms with Crippen LogP contribution in [0.2, 0.25) is 0 Å². The molecule has 0 saturated heterocycles. The average Bonchev–Trinajstić information content (AvgIpc) is 2.66. The molecule has 104 valence electrons. The Morgan fingerprint density at radius 2 is 1.89 bits per heavy atom. The van der Waals surface area contributed by atoms with Gasteiger partial charge in [0.05, 0.1) is 6.04 Å². The van der Waals surface area contributed by atoms with E-state index in [1.54, 1.807) is 7.05 Å². The van der Waals surface area contributed by atoms with Crippen LogP contribution in [0.4, 0.5) is 13.2 Å². The first-order valence-corrected chi connectivity index (χ1v) is 6.30. The van der Waals surface area contributed by atoms with E-state index < -0.39 is 11.2 Å². The van der Waals surface area contributed by atoms with Crippen molar-refractivity contribution in [2.75, 3.05) is 21.1 Å². The fraction of sp³-hybridized carbons (Fsp3) is 0.727. The molecule has 0 fully saturated rings. The normalized spacial score (nSPS) is 15.2. The Hall–Kier alpha value is -0.660. The van der Waals surface area contributed by atoms with Gasteiger partial charge in [-0.05, 0) is 35.0 Å². The first-order valence-electron chi connectivity index (χ1n) is 5.48. The molecular formula is C11H18F3N3S. The van der Waals surface area contributed by atoms with E-state index in [2.05, 4.69) is 10.3 Å². The van der Waals surface area contributed by atoms with Gasteiger partial charge in [0.15, 0.2) is 5.01 Å². The van der Waals surface area contributed by atoms with E-state index in [0.717, 1.165) is 0 Å². The highest BCUT2D eigenvalue weighted by atomic mass is 32.1. The third-order valence-electron chi connectivity index (χ3n) is 3.20. The molecule has 0 aliphatic rings. The lowest BCUT2D eigenvalue weighted by Gasteiger charge is -2.39. The van der Waals surface area contributed by atoms with Crippen LogP contribution in [-0.2, 0) is 6.18 Å². The number of alkyl halides is 3. The van der Waals surface area contributed by atoms with E-state index in [4.69, 9.17) is 0 Å². The Bertz CT molecular complexity index is 398. The SMILES string of the molecule is CNC(c1cnc(C(F)(F)F)s1)C(C)(C)N(C)C. The van der Waals surface area contributed by atoms with Crippen molar-refractivity contribution in [3.05, 3.63) is 16.1 Å². The summed E-state index contributed by atoms with van der Waals surface area (Å²) in [5.41, 5.74) is -0.315. The number of likely N-dealkylation sites (N-methyl/N-ethyl adjacent to an activating group) is 2. The van der Waals surface area contributed by atoms with Gasteiger partial charge in [0, 0.05) is 16.6 Å². The molecule has 0 bridgehead atoms. The Morgan fingerprint density at radius 1 is 1.33 bits per heavy atom. The molecule has 18 heavy (non-hydrogen) atoms. The van der Waals surface area contributed by atoms with E-state index in [-0.39, 0.29) is 11.6 Å². The van der Waals surface area contributed by atoms with Crippen molar-refractivity contribution in [3.63, 3.8) is 0 Å². The van der Waals surface area contributed by atoms with E-state index in [0.29, 0.717) is 16.2 Å². The highest BCUT2D eigenvalue weighted by Gasteiger charge is 2.38. The van der Waals surface area contributed by atoms with Gasteiger partial charge in [-0.25, -0.2) is 4.98 Å². The molecule has 1 aromatic rings. The second-order valence-electron chi connectivity index (χ2n) is 4.84. The topological polar surface area (TPSA) is 28.2 Å². The zero-order valence-electron chi connectivity index (χ0n) is 11.1. The molecule has 0 amide bonds. The second kappa shape index (κ2) is 5.14. The van der Waals surface area contributed by atoms with Gasteiger partial charge >= 0.3 is 6.18 Å². The summed E-state index contributed by atoms with van der Waals surface area (Å²) in [5.74, 6) is 0. The number of nitrogens with zero attached hydrogens (tertiary/aromatic N) is 2. The monoisotopic (exact) mass is 281 g/mol. The first kappa shape index (κ1) is 15.4. The molecule has 0 spiro atoms. The van der Waals surface area contributed by atoms with Gasteiger partial charge in [-0.3, -0.25) is 0 Å². The summed E-state index contributed by atoms with van der Waals surface area (Å²) in [4.78, 5) is 6.02. The molecule has 1 N–H and O–H groups in total. The average molecular weight is 281 g/mol. The van der Waals surface area contributed by atoms with Crippen molar-refractivity contribution in [1.82, 2.24) is 15.2 Å². The second-order valence-corrected chi connectivity index (χ2v) is 5.90. The molecule has 0 aromatic carbocycles. The van der Waals surface area contributed by atoms with E-state index in [1.165, 1.54) is 6.20 Å². The predicted octanol–water partition coefficient (Wildman–Crippen LogP) is 2.76. The Balaban J connectivity index is 3.08. The van der Waals surface area contributed by atoms with Gasteiger partial charge in [0.25, 0.3) is 0 Å². The van der Waals surface area contributed by atoms with Gasteiger partial charge in [0.2, 0.25) is 0 Å². The van der Waals surface area contributed by atoms with Crippen LogP contribution in [0.5, 0.6) is 0 Å². The lowest BCUT2D eigenvalue weighted by molar-refractivity contribution is -0.137. The molecule has 1 rings (SSSR count). The molecule has 7 heteroatoms. The highest BCUT2D eigenvalue weighted by Crippen LogP contribution is 2.37. The number of hydrogen-bond donors (Lipinski definition) is 1. The maximum atomic E-state index is 12.5. The zero-order valence-corrected chi connectivity index (χ0v) is 11.9. The molecule has 1 heterocycles. The minimum absolute atomic E-state index is 0.207. The molecule has 1 atom stereocenters. The fourth-order valence-electron chi connectivity index (χ4n) is 1.65. The number of aromatic nitrogens is 1. The summed E-state index contributed by atoms with van der Waals surface area (Å²) in [6, 6.07) is -0.207. The largest absolute Gasteiger partial charge is 0.443 e. The molecule has 1 unspecified atom stereocenters. The van der Waals surface area contributed by atoms with Crippen LogP contribution < -0.4 is 5.32 Å². The lowest BCUT2D eigenvalue weighted by Crippen LogP contribution is -2.48. The van der Waals surface area contributed by atoms with Gasteiger partial charge in [-0.2, -0.15) is 13.2 Å². The maximum absolute atomic E-state index is 12.5. The van der Waals surface area contributed by atoms with Crippen molar-refractivity contribution >= 4 is 11.3 Å². The van der Waals surface area contributed by atoms with E-state index >= 15 is 0 Å². The summed E-state index contributed by atoms with van der Waals surface area (Å²) in [7, 11) is 5.54. The number of thiazole rings is 1. The number of hydrogen-bond acceptors (Lipinski definition) is 4. The van der Waals surface area contributed by atoms with Crippen LogP contribution in [0.15, 0.2) is 6.20 Å². The van der Waals surface area contributed by atoms with Gasteiger partial charge in [-0.1, -0.05) is 0 Å². The van der Waals surface area contributed by atoms with Crippen molar-refractivity contribution in [1.29, 1.82) is 0 Å². The van der Waals surface area contributed by atoms with Crippen molar-refractivity contribution in [2.24, 2.45) is 0 Å². The van der Waals surface area contributed by atoms with Crippen LogP contribution in [0.1, 0.15) is 29.8 Å². The summed E-state index contributed by atoms with van der Waals surface area (Å²) in [5, 5.41) is 2.27. The van der Waals surface area contributed by atoms with Crippen molar-refractivity contribution < 1.29 is 13.2 Å². The minimum atomic E-state index is -4.37. The van der Waals surface area contributed by atoms with Crippen LogP contribution in [0.3, 0.4) is 0 Å². The summed E-state index contributed by atoms with van der Waals surface area (Å²) >= 11 is 0.692. The van der Waals surface area contributed by atoms with Gasteiger partial charge in [-0.15, -0.1) is 11.3 Å². The molecule has 0 aliphatic heterocycles. The maximum Gasteiger partial charge on any atom is 0.443 e. The molecule has 3 nitrogen and oxygen atoms in total. The third-order valence-corrected chi connectivity index (χ3v) is 4.31. The minimum Gasteiger partial charge on any atom is -0.311 e. The van der Waals surface area contributed by atoms with Crippen LogP contribution in [0.25, 0.3) is 0 Å². The molecule has 0 aliphatic carbocycles. The number of halogens is 3. The molecule has 1 aromatic heterocycles. The Labute approximate surface area is 109 Å². The van der Waals surface area contributed by atoms with Crippen LogP contribution >= 0.6 is 11.3 Å². The molecule has 0 radical (unpaired) electrons. The standard InChI is InChI=1S/C11H18F3N3S/c1-10(2,17(4)5)8(15-3)7-6-16-9(18-7)11(12,13)14/h6,8,15H,1-5H3. The highest BCUT2D eigenvalue weighted by molar-refractivity contribution is 7.11. The van der Waals surface area contributed by atoms with E-state index in [9.17, 15) is 13.2 Å². The number of nitrogens with one attached hydrogen (secondary N) is 1.